The molecular weight excluding hydrogens is 268 g/mol. The van der Waals surface area contributed by atoms with E-state index in [-0.39, 0.29) is 11.3 Å². The number of nitrogens with zero attached hydrogens (tertiary/aromatic N) is 2. The molecule has 0 spiro atoms. The Kier molecular flexibility index (Phi) is 4.04. The number of nitrogens with one attached hydrogen (secondary N) is 1. The molecule has 18 heavy (non-hydrogen) atoms. The van der Waals surface area contributed by atoms with E-state index in [4.69, 9.17) is 17.3 Å². The Morgan fingerprint density at radius 3 is 2.94 bits per heavy atom. The third-order valence-corrected chi connectivity index (χ3v) is 3.68. The zero-order valence-electron chi connectivity index (χ0n) is 10.3. The Morgan fingerprint density at radius 1 is 1.50 bits per heavy atom. The van der Waals surface area contributed by atoms with Gasteiger partial charge in [-0.05, 0) is 37.6 Å². The van der Waals surface area contributed by atoms with Crippen molar-refractivity contribution >= 4 is 34.4 Å². The largest absolute Gasteiger partial charge is 0.394 e. The lowest BCUT2D eigenvalue weighted by molar-refractivity contribution is 0.794. The van der Waals surface area contributed by atoms with Crippen molar-refractivity contribution in [3.8, 4) is 0 Å². The molecule has 0 amide bonds. The van der Waals surface area contributed by atoms with E-state index in [0.717, 1.165) is 6.42 Å². The van der Waals surface area contributed by atoms with Gasteiger partial charge in [-0.25, -0.2) is 4.98 Å². The molecule has 0 aromatic carbocycles. The molecule has 0 radical (unpaired) electrons. The molecule has 1 unspecified atom stereocenters. The first-order chi connectivity index (χ1) is 8.54. The van der Waals surface area contributed by atoms with E-state index in [1.165, 1.54) is 16.0 Å². The number of aryl methyl sites for hydroxylation is 1. The highest BCUT2D eigenvalue weighted by Gasteiger charge is 2.09. The molecule has 6 heteroatoms. The van der Waals surface area contributed by atoms with Crippen molar-refractivity contribution in [3.05, 3.63) is 33.4 Å². The fourth-order valence-electron chi connectivity index (χ4n) is 1.67. The molecular formula is C12H15ClN4S. The smallest absolute Gasteiger partial charge is 0.224 e. The number of aromatic nitrogens is 2. The topological polar surface area (TPSA) is 63.8 Å². The Balaban J connectivity index is 2.02. The van der Waals surface area contributed by atoms with E-state index < -0.39 is 0 Å². The quantitative estimate of drug-likeness (QED) is 0.846. The number of nitrogen functional groups attached to an aromatic ring is 1. The zero-order chi connectivity index (χ0) is 13.1. The molecule has 2 aromatic rings. The minimum Gasteiger partial charge on any atom is -0.394 e. The van der Waals surface area contributed by atoms with Crippen LogP contribution in [0.4, 0.5) is 11.5 Å². The van der Waals surface area contributed by atoms with Gasteiger partial charge >= 0.3 is 0 Å². The third-order valence-electron chi connectivity index (χ3n) is 2.47. The first kappa shape index (κ1) is 13.1. The molecule has 0 saturated carbocycles. The van der Waals surface area contributed by atoms with Gasteiger partial charge in [0, 0.05) is 22.2 Å². The predicted octanol–water partition coefficient (Wildman–Crippen LogP) is 3.13. The van der Waals surface area contributed by atoms with Crippen molar-refractivity contribution in [1.29, 1.82) is 0 Å². The fourth-order valence-corrected chi connectivity index (χ4v) is 2.82. The van der Waals surface area contributed by atoms with Crippen molar-refractivity contribution in [3.63, 3.8) is 0 Å². The van der Waals surface area contributed by atoms with Crippen LogP contribution >= 0.6 is 22.9 Å². The van der Waals surface area contributed by atoms with Gasteiger partial charge in [-0.15, -0.1) is 11.3 Å². The summed E-state index contributed by atoms with van der Waals surface area (Å²) in [5, 5.41) is 3.45. The van der Waals surface area contributed by atoms with Crippen molar-refractivity contribution < 1.29 is 0 Å². The molecule has 2 rings (SSSR count). The number of anilines is 2. The molecule has 2 aromatic heterocycles. The van der Waals surface area contributed by atoms with Crippen LogP contribution in [0.5, 0.6) is 0 Å². The summed E-state index contributed by atoms with van der Waals surface area (Å²) in [6.07, 6.45) is 2.44. The summed E-state index contributed by atoms with van der Waals surface area (Å²) in [5.74, 6) is 0.593. The average molecular weight is 283 g/mol. The summed E-state index contributed by atoms with van der Waals surface area (Å²) in [5.41, 5.74) is 6.30. The van der Waals surface area contributed by atoms with Crippen LogP contribution in [-0.4, -0.2) is 16.0 Å². The Hall–Kier alpha value is -1.33. The summed E-state index contributed by atoms with van der Waals surface area (Å²) in [7, 11) is 0. The van der Waals surface area contributed by atoms with Gasteiger partial charge in [-0.3, -0.25) is 0 Å². The van der Waals surface area contributed by atoms with Crippen molar-refractivity contribution in [2.24, 2.45) is 0 Å². The molecule has 4 nitrogen and oxygen atoms in total. The average Bonchev–Trinajstić information content (AvgIpc) is 2.69. The van der Waals surface area contributed by atoms with Gasteiger partial charge in [-0.1, -0.05) is 0 Å². The highest BCUT2D eigenvalue weighted by Crippen LogP contribution is 2.20. The zero-order valence-corrected chi connectivity index (χ0v) is 11.8. The maximum Gasteiger partial charge on any atom is 0.224 e. The van der Waals surface area contributed by atoms with Gasteiger partial charge in [0.1, 0.15) is 0 Å². The number of nitrogens with two attached hydrogens (primary N) is 1. The van der Waals surface area contributed by atoms with E-state index in [1.54, 1.807) is 11.3 Å². The Labute approximate surface area is 115 Å². The van der Waals surface area contributed by atoms with Gasteiger partial charge in [0.15, 0.2) is 5.82 Å². The summed E-state index contributed by atoms with van der Waals surface area (Å²) >= 11 is 7.55. The molecule has 0 aliphatic heterocycles. The third kappa shape index (κ3) is 3.34. The monoisotopic (exact) mass is 282 g/mol. The van der Waals surface area contributed by atoms with Gasteiger partial charge in [0.05, 0.1) is 11.9 Å². The highest BCUT2D eigenvalue weighted by molar-refractivity contribution is 7.11. The first-order valence-corrected chi connectivity index (χ1v) is 6.84. The number of thiophene rings is 1. The molecule has 0 aliphatic carbocycles. The van der Waals surface area contributed by atoms with E-state index in [9.17, 15) is 0 Å². The van der Waals surface area contributed by atoms with Crippen molar-refractivity contribution in [2.45, 2.75) is 26.3 Å². The minimum absolute atomic E-state index is 0.200. The Bertz CT molecular complexity index is 541. The van der Waals surface area contributed by atoms with Gasteiger partial charge < -0.3 is 11.1 Å². The van der Waals surface area contributed by atoms with Crippen LogP contribution in [0.2, 0.25) is 5.28 Å². The molecule has 3 N–H and O–H groups in total. The summed E-state index contributed by atoms with van der Waals surface area (Å²) < 4.78 is 0. The molecule has 0 saturated heterocycles. The van der Waals surface area contributed by atoms with Gasteiger partial charge in [0.25, 0.3) is 0 Å². The summed E-state index contributed by atoms with van der Waals surface area (Å²) in [4.78, 5) is 10.6. The second-order valence-electron chi connectivity index (χ2n) is 4.20. The first-order valence-electron chi connectivity index (χ1n) is 5.64. The van der Waals surface area contributed by atoms with Crippen molar-refractivity contribution in [2.75, 3.05) is 11.1 Å². The SMILES string of the molecule is Cc1ccc(CC(C)Nc2nc(Cl)ncc2N)s1. The van der Waals surface area contributed by atoms with E-state index in [1.807, 2.05) is 0 Å². The van der Waals surface area contributed by atoms with Crippen LogP contribution in [0.3, 0.4) is 0 Å². The fraction of sp³-hybridized carbons (Fsp3) is 0.333. The summed E-state index contributed by atoms with van der Waals surface area (Å²) in [6.45, 7) is 4.19. The predicted molar refractivity (Wildman–Crippen MR) is 77.3 cm³/mol. The number of rotatable bonds is 4. The van der Waals surface area contributed by atoms with E-state index >= 15 is 0 Å². The van der Waals surface area contributed by atoms with Crippen LogP contribution in [-0.2, 0) is 6.42 Å². The lowest BCUT2D eigenvalue weighted by Crippen LogP contribution is -2.19. The van der Waals surface area contributed by atoms with Crippen LogP contribution in [0.25, 0.3) is 0 Å². The lowest BCUT2D eigenvalue weighted by Gasteiger charge is -2.14. The second-order valence-corrected chi connectivity index (χ2v) is 5.92. The maximum absolute atomic E-state index is 5.79. The Morgan fingerprint density at radius 2 is 2.28 bits per heavy atom. The van der Waals surface area contributed by atoms with Crippen LogP contribution in [0.1, 0.15) is 16.7 Å². The van der Waals surface area contributed by atoms with E-state index in [2.05, 4.69) is 41.3 Å². The molecule has 0 fully saturated rings. The van der Waals surface area contributed by atoms with Crippen LogP contribution in [0.15, 0.2) is 18.3 Å². The standard InChI is InChI=1S/C12H15ClN4S/c1-7(5-9-4-3-8(2)18-9)16-11-10(14)6-15-12(13)17-11/h3-4,6-7H,5,14H2,1-2H3,(H,15,16,17). The molecule has 0 aliphatic rings. The van der Waals surface area contributed by atoms with Crippen LogP contribution in [0, 0.1) is 6.92 Å². The second kappa shape index (κ2) is 5.54. The van der Waals surface area contributed by atoms with Gasteiger partial charge in [0.2, 0.25) is 5.28 Å². The lowest BCUT2D eigenvalue weighted by atomic mass is 10.2. The number of hydrogen-bond donors (Lipinski definition) is 2. The number of halogens is 1. The molecule has 96 valence electrons. The molecule has 1 atom stereocenters. The molecule has 2 heterocycles. The highest BCUT2D eigenvalue weighted by atomic mass is 35.5. The van der Waals surface area contributed by atoms with Crippen LogP contribution < -0.4 is 11.1 Å². The summed E-state index contributed by atoms with van der Waals surface area (Å²) in [6, 6.07) is 4.51. The maximum atomic E-state index is 5.79. The van der Waals surface area contributed by atoms with Crippen molar-refractivity contribution in [1.82, 2.24) is 9.97 Å². The number of hydrogen-bond acceptors (Lipinski definition) is 5. The van der Waals surface area contributed by atoms with Gasteiger partial charge in [-0.2, -0.15) is 4.98 Å². The minimum atomic E-state index is 0.200. The van der Waals surface area contributed by atoms with E-state index in [0.29, 0.717) is 11.5 Å². The normalized spacial score (nSPS) is 12.4. The molecule has 0 bridgehead atoms.